The van der Waals surface area contributed by atoms with E-state index in [2.05, 4.69) is 0 Å². The van der Waals surface area contributed by atoms with Crippen LogP contribution < -0.4 is 0 Å². The van der Waals surface area contributed by atoms with Gasteiger partial charge in [-0.15, -0.1) is 0 Å². The zero-order valence-electron chi connectivity index (χ0n) is 5.86. The number of rotatable bonds is 0. The Kier molecular flexibility index (Phi) is 1.32. The highest BCUT2D eigenvalue weighted by molar-refractivity contribution is 5.86. The first kappa shape index (κ1) is 6.61. The lowest BCUT2D eigenvalue weighted by Crippen LogP contribution is -2.21. The summed E-state index contributed by atoms with van der Waals surface area (Å²) in [5.41, 5.74) is 0.875. The maximum absolute atomic E-state index is 10.7. The van der Waals surface area contributed by atoms with Crippen LogP contribution in [-0.2, 0) is 9.53 Å². The first-order valence-electron chi connectivity index (χ1n) is 3.54. The van der Waals surface area contributed by atoms with Crippen LogP contribution in [0.1, 0.15) is 6.42 Å². The van der Waals surface area contributed by atoms with Gasteiger partial charge in [0.2, 0.25) is 0 Å². The average molecular weight is 152 g/mol. The number of aliphatic hydroxyl groups is 1. The number of fused-ring (bicyclic) bond motifs is 1. The van der Waals surface area contributed by atoms with Crippen molar-refractivity contribution in [2.24, 2.45) is 0 Å². The topological polar surface area (TPSA) is 46.5 Å². The van der Waals surface area contributed by atoms with Crippen molar-refractivity contribution < 1.29 is 14.6 Å². The Morgan fingerprint density at radius 3 is 3.27 bits per heavy atom. The first-order valence-corrected chi connectivity index (χ1v) is 3.54. The predicted molar refractivity (Wildman–Crippen MR) is 37.7 cm³/mol. The molecule has 2 rings (SSSR count). The highest BCUT2D eigenvalue weighted by Crippen LogP contribution is 2.25. The fourth-order valence-corrected chi connectivity index (χ4v) is 1.33. The van der Waals surface area contributed by atoms with Crippen molar-refractivity contribution in [1.29, 1.82) is 0 Å². The molecule has 0 aromatic rings. The predicted octanol–water partition coefficient (Wildman–Crippen LogP) is 0.159. The molecule has 1 aliphatic carbocycles. The molecule has 0 saturated carbocycles. The molecule has 11 heavy (non-hydrogen) atoms. The van der Waals surface area contributed by atoms with Crippen molar-refractivity contribution in [3.05, 3.63) is 23.8 Å². The summed E-state index contributed by atoms with van der Waals surface area (Å²) in [6, 6.07) is 0. The number of carbonyl (C=O) groups is 1. The number of hydrogen-bond acceptors (Lipinski definition) is 3. The molecule has 0 aromatic carbocycles. The van der Waals surface area contributed by atoms with Crippen molar-refractivity contribution in [2.45, 2.75) is 18.6 Å². The summed E-state index contributed by atoms with van der Waals surface area (Å²) in [6.07, 6.45) is 4.69. The van der Waals surface area contributed by atoms with E-state index in [-0.39, 0.29) is 12.1 Å². The van der Waals surface area contributed by atoms with E-state index < -0.39 is 6.10 Å². The summed E-state index contributed by atoms with van der Waals surface area (Å²) >= 11 is 0. The minimum Gasteiger partial charge on any atom is -0.454 e. The second-order valence-electron chi connectivity index (χ2n) is 2.73. The monoisotopic (exact) mass is 152 g/mol. The third-order valence-electron chi connectivity index (χ3n) is 1.88. The normalized spacial score (nSPS) is 34.6. The molecule has 0 fully saturated rings. The lowest BCUT2D eigenvalue weighted by Gasteiger charge is -2.18. The third kappa shape index (κ3) is 1.07. The molecule has 1 aliphatic heterocycles. The molecular formula is C8H8O3. The Morgan fingerprint density at radius 2 is 2.45 bits per heavy atom. The second kappa shape index (κ2) is 2.20. The number of esters is 1. The molecule has 0 bridgehead atoms. The van der Waals surface area contributed by atoms with E-state index in [1.807, 2.05) is 0 Å². The number of aliphatic hydroxyl groups excluding tert-OH is 1. The van der Waals surface area contributed by atoms with Crippen molar-refractivity contribution in [1.82, 2.24) is 0 Å². The van der Waals surface area contributed by atoms with Gasteiger partial charge < -0.3 is 9.84 Å². The van der Waals surface area contributed by atoms with Gasteiger partial charge in [-0.05, 0) is 5.57 Å². The van der Waals surface area contributed by atoms with E-state index >= 15 is 0 Å². The molecule has 0 saturated heterocycles. The van der Waals surface area contributed by atoms with Gasteiger partial charge in [-0.2, -0.15) is 0 Å². The molecule has 2 aliphatic rings. The van der Waals surface area contributed by atoms with Gasteiger partial charge in [0, 0.05) is 12.5 Å². The average Bonchev–Trinajstić information content (AvgIpc) is 2.27. The summed E-state index contributed by atoms with van der Waals surface area (Å²) in [6.45, 7) is 0. The molecule has 1 heterocycles. The minimum absolute atomic E-state index is 0.206. The maximum Gasteiger partial charge on any atom is 0.331 e. The highest BCUT2D eigenvalue weighted by Gasteiger charge is 2.28. The first-order chi connectivity index (χ1) is 5.25. The summed E-state index contributed by atoms with van der Waals surface area (Å²) in [4.78, 5) is 10.7. The molecule has 0 aromatic heterocycles. The molecule has 3 heteroatoms. The van der Waals surface area contributed by atoms with E-state index in [0.29, 0.717) is 6.42 Å². The summed E-state index contributed by atoms with van der Waals surface area (Å²) in [5.74, 6) is -0.302. The minimum atomic E-state index is -0.469. The van der Waals surface area contributed by atoms with Crippen LogP contribution in [0.3, 0.4) is 0 Å². The molecule has 3 nitrogen and oxygen atoms in total. The lowest BCUT2D eigenvalue weighted by atomic mass is 9.98. The van der Waals surface area contributed by atoms with Gasteiger partial charge in [-0.3, -0.25) is 0 Å². The SMILES string of the molecule is O=C1C=C2C=CC(O)CC2O1. The van der Waals surface area contributed by atoms with Crippen molar-refractivity contribution >= 4 is 5.97 Å². The van der Waals surface area contributed by atoms with Crippen LogP contribution in [-0.4, -0.2) is 23.3 Å². The van der Waals surface area contributed by atoms with E-state index in [4.69, 9.17) is 9.84 Å². The van der Waals surface area contributed by atoms with Gasteiger partial charge in [0.05, 0.1) is 6.10 Å². The Bertz CT molecular complexity index is 252. The standard InChI is InChI=1S/C8H8O3/c9-6-2-1-5-3-8(10)11-7(5)4-6/h1-3,6-7,9H,4H2. The van der Waals surface area contributed by atoms with Crippen LogP contribution in [0, 0.1) is 0 Å². The Labute approximate surface area is 64.0 Å². The molecule has 1 N–H and O–H groups in total. The lowest BCUT2D eigenvalue weighted by molar-refractivity contribution is -0.139. The smallest absolute Gasteiger partial charge is 0.331 e. The second-order valence-corrected chi connectivity index (χ2v) is 2.73. The molecule has 2 atom stereocenters. The molecule has 58 valence electrons. The van der Waals surface area contributed by atoms with Crippen molar-refractivity contribution in [3.63, 3.8) is 0 Å². The Morgan fingerprint density at radius 1 is 1.64 bits per heavy atom. The van der Waals surface area contributed by atoms with Gasteiger partial charge in [0.25, 0.3) is 0 Å². The number of ether oxygens (including phenoxy) is 1. The quantitative estimate of drug-likeness (QED) is 0.503. The van der Waals surface area contributed by atoms with Crippen LogP contribution in [0.5, 0.6) is 0 Å². The zero-order valence-corrected chi connectivity index (χ0v) is 5.86. The Balaban J connectivity index is 2.26. The summed E-state index contributed by atoms with van der Waals surface area (Å²) in [5, 5.41) is 9.14. The number of hydrogen-bond donors (Lipinski definition) is 1. The van der Waals surface area contributed by atoms with Gasteiger partial charge in [0.1, 0.15) is 6.10 Å². The van der Waals surface area contributed by atoms with E-state index in [0.717, 1.165) is 5.57 Å². The van der Waals surface area contributed by atoms with E-state index in [9.17, 15) is 4.79 Å². The van der Waals surface area contributed by atoms with Crippen molar-refractivity contribution in [2.75, 3.05) is 0 Å². The molecule has 0 radical (unpaired) electrons. The zero-order chi connectivity index (χ0) is 7.84. The third-order valence-corrected chi connectivity index (χ3v) is 1.88. The highest BCUT2D eigenvalue weighted by atomic mass is 16.5. The van der Waals surface area contributed by atoms with E-state index in [1.165, 1.54) is 6.08 Å². The molecule has 0 spiro atoms. The summed E-state index contributed by atoms with van der Waals surface area (Å²) < 4.78 is 4.89. The van der Waals surface area contributed by atoms with Crippen LogP contribution in [0.15, 0.2) is 23.8 Å². The van der Waals surface area contributed by atoms with Crippen LogP contribution in [0.2, 0.25) is 0 Å². The van der Waals surface area contributed by atoms with Gasteiger partial charge >= 0.3 is 5.97 Å². The van der Waals surface area contributed by atoms with Gasteiger partial charge in [-0.1, -0.05) is 12.2 Å². The summed E-state index contributed by atoms with van der Waals surface area (Å²) in [7, 11) is 0. The largest absolute Gasteiger partial charge is 0.454 e. The van der Waals surface area contributed by atoms with Crippen LogP contribution in [0.25, 0.3) is 0 Å². The fraction of sp³-hybridized carbons (Fsp3) is 0.375. The molecule has 0 amide bonds. The van der Waals surface area contributed by atoms with Gasteiger partial charge in [0.15, 0.2) is 0 Å². The fourth-order valence-electron chi connectivity index (χ4n) is 1.33. The molecule has 2 unspecified atom stereocenters. The molecular weight excluding hydrogens is 144 g/mol. The maximum atomic E-state index is 10.7. The number of carbonyl (C=O) groups excluding carboxylic acids is 1. The van der Waals surface area contributed by atoms with Gasteiger partial charge in [-0.25, -0.2) is 4.79 Å². The van der Waals surface area contributed by atoms with Crippen LogP contribution >= 0.6 is 0 Å². The Hall–Kier alpha value is -1.09. The van der Waals surface area contributed by atoms with Crippen LogP contribution in [0.4, 0.5) is 0 Å². The van der Waals surface area contributed by atoms with E-state index in [1.54, 1.807) is 12.2 Å². The van der Waals surface area contributed by atoms with Crippen molar-refractivity contribution in [3.8, 4) is 0 Å².